The molecule has 0 bridgehead atoms. The first-order valence-electron chi connectivity index (χ1n) is 26.8. The monoisotopic (exact) mass is 1150 g/mol. The summed E-state index contributed by atoms with van der Waals surface area (Å²) in [5.74, 6) is 0. The maximum Gasteiger partial charge on any atom is 0.187 e. The first-order chi connectivity index (χ1) is 37.3. The Labute approximate surface area is 457 Å². The summed E-state index contributed by atoms with van der Waals surface area (Å²) >= 11 is 0. The SMILES string of the molecule is C/C(=C\CC/C(C)=C/CO[C@@H]1O[C@H](CO)[C@@H](O)[C@H](O[C@@H]2O[C@@H](C)[C@H](O)[C@@H](O)[C@H]2O)[C@H]1O[C@@H]1O[C@@H](C)[C@H](O)[C@@H](O)[C@H]1O)CC/C=C(\C)CO[C@@H]1O[C@H](CO)[C@@H](O)[C@H](O[C@@H]2O[C@@H](C)[C@H](O)[C@@H](O)[C@H]2O)[C@H]1O[C@@H]1O[C@@H](C)[C@H](O)[C@@H](O)[C@H]1O. The fourth-order valence-corrected chi connectivity index (χ4v) is 9.93. The van der Waals surface area contributed by atoms with E-state index in [0.29, 0.717) is 25.7 Å². The van der Waals surface area contributed by atoms with Crippen molar-refractivity contribution in [3.8, 4) is 0 Å². The van der Waals surface area contributed by atoms with Crippen molar-refractivity contribution in [1.82, 2.24) is 0 Å². The van der Waals surface area contributed by atoms with Crippen LogP contribution < -0.4 is 0 Å². The molecule has 6 aliphatic heterocycles. The number of aliphatic hydroxyl groups is 16. The summed E-state index contributed by atoms with van der Waals surface area (Å²) in [6.07, 6.45) is -37.6. The molecule has 0 aromatic rings. The van der Waals surface area contributed by atoms with Crippen LogP contribution in [0.4, 0.5) is 0 Å². The summed E-state index contributed by atoms with van der Waals surface area (Å²) in [5, 5.41) is 170. The lowest BCUT2D eigenvalue weighted by molar-refractivity contribution is -0.388. The highest BCUT2D eigenvalue weighted by Gasteiger charge is 2.56. The number of allylic oxidation sites excluding steroid dienone is 4. The van der Waals surface area contributed by atoms with Gasteiger partial charge in [-0.3, -0.25) is 0 Å². The Hall–Kier alpha value is -1.90. The molecule has 28 nitrogen and oxygen atoms in total. The second-order valence-electron chi connectivity index (χ2n) is 21.4. The fraction of sp³-hybridized carbons (Fsp3) is 0.882. The Kier molecular flexibility index (Phi) is 25.0. The molecule has 0 unspecified atom stereocenters. The second kappa shape index (κ2) is 29.8. The zero-order chi connectivity index (χ0) is 58.3. The number of hydrogen-bond acceptors (Lipinski definition) is 28. The van der Waals surface area contributed by atoms with Gasteiger partial charge in [0.05, 0.1) is 50.8 Å². The number of aliphatic hydroxyl groups excluding tert-OH is 16. The molecule has 0 aromatic heterocycles. The molecule has 79 heavy (non-hydrogen) atoms. The van der Waals surface area contributed by atoms with Crippen LogP contribution >= 0.6 is 0 Å². The minimum atomic E-state index is -1.81. The molecule has 16 N–H and O–H groups in total. The van der Waals surface area contributed by atoms with Gasteiger partial charge >= 0.3 is 0 Å². The summed E-state index contributed by atoms with van der Waals surface area (Å²) in [4.78, 5) is 0. The largest absolute Gasteiger partial charge is 0.394 e. The first-order valence-corrected chi connectivity index (χ1v) is 26.8. The molecular weight excluding hydrogens is 1060 g/mol. The molecule has 0 saturated carbocycles. The Morgan fingerprint density at radius 3 is 0.987 bits per heavy atom. The van der Waals surface area contributed by atoms with E-state index in [-0.39, 0.29) is 13.2 Å². The van der Waals surface area contributed by atoms with E-state index in [1.54, 1.807) is 13.0 Å². The molecule has 0 aromatic carbocycles. The highest BCUT2D eigenvalue weighted by Crippen LogP contribution is 2.36. The van der Waals surface area contributed by atoms with E-state index >= 15 is 0 Å². The lowest BCUT2D eigenvalue weighted by atomic mass is 9.96. The summed E-state index contributed by atoms with van der Waals surface area (Å²) < 4.78 is 70.8. The topological polar surface area (TPSA) is 434 Å². The van der Waals surface area contributed by atoms with E-state index in [0.717, 1.165) is 16.7 Å². The van der Waals surface area contributed by atoms with Crippen LogP contribution in [-0.2, 0) is 56.8 Å². The van der Waals surface area contributed by atoms with E-state index < -0.39 is 197 Å². The first kappa shape index (κ1) is 66.2. The van der Waals surface area contributed by atoms with Crippen molar-refractivity contribution in [3.05, 3.63) is 34.9 Å². The molecular formula is C51H86O28. The standard InChI is InChI=1S/C51H86O28/c1-19(11-9-13-21(3)18-69-51-45(79-49-41(67)37(63)31(57)25(7)73-49)43(33(59)27(17-53)75-51)77-47-39(65)35(61)29(55)23(5)71-47)10-8-12-20(2)14-15-68-50-44(78-48-40(66)36(62)30(56)24(6)72-48)42(32(58)26(16-52)74-50)76-46-38(64)34(60)28(54)22(4)70-46/h10,13-14,22-67H,8-9,11-12,15-18H2,1-7H3/b19-10+,20-14+,21-13+/t22-,23-,24-,25-,26+,27+,28-,29-,30-,31-,32+,33+,34+,35+,36+,37+,38+,39+,40+,41+,42-,43-,44+,45+,46-,47-,48-,49-,50+,51+/m0/s1. The van der Waals surface area contributed by atoms with Crippen LogP contribution in [0.3, 0.4) is 0 Å². The van der Waals surface area contributed by atoms with Crippen molar-refractivity contribution in [2.75, 3.05) is 26.4 Å². The summed E-state index contributed by atoms with van der Waals surface area (Å²) in [6.45, 7) is 9.68. The Balaban J connectivity index is 1.06. The fourth-order valence-electron chi connectivity index (χ4n) is 9.93. The third-order valence-electron chi connectivity index (χ3n) is 15.2. The highest BCUT2D eigenvalue weighted by atomic mass is 16.8. The minimum absolute atomic E-state index is 0.0838. The van der Waals surface area contributed by atoms with Crippen molar-refractivity contribution >= 4 is 0 Å². The Morgan fingerprint density at radius 2 is 0.646 bits per heavy atom. The number of rotatable bonds is 22. The van der Waals surface area contributed by atoms with Crippen LogP contribution in [0.1, 0.15) is 74.1 Å². The molecule has 0 radical (unpaired) electrons. The van der Waals surface area contributed by atoms with Crippen LogP contribution in [-0.4, -0.2) is 292 Å². The van der Waals surface area contributed by atoms with Crippen molar-refractivity contribution in [1.29, 1.82) is 0 Å². The van der Waals surface area contributed by atoms with E-state index in [1.165, 1.54) is 27.7 Å². The van der Waals surface area contributed by atoms with Crippen molar-refractivity contribution in [2.24, 2.45) is 0 Å². The molecule has 458 valence electrons. The average molecular weight is 1150 g/mol. The van der Waals surface area contributed by atoms with E-state index in [9.17, 15) is 81.7 Å². The summed E-state index contributed by atoms with van der Waals surface area (Å²) in [6, 6.07) is 0. The van der Waals surface area contributed by atoms with Crippen molar-refractivity contribution in [2.45, 2.75) is 258 Å². The lowest BCUT2D eigenvalue weighted by Crippen LogP contribution is -2.66. The van der Waals surface area contributed by atoms with Crippen molar-refractivity contribution in [3.63, 3.8) is 0 Å². The summed E-state index contributed by atoms with van der Waals surface area (Å²) in [5.41, 5.74) is 2.68. The third-order valence-corrected chi connectivity index (χ3v) is 15.2. The van der Waals surface area contributed by atoms with Gasteiger partial charge in [-0.15, -0.1) is 0 Å². The van der Waals surface area contributed by atoms with E-state index in [2.05, 4.69) is 6.08 Å². The van der Waals surface area contributed by atoms with Gasteiger partial charge in [0.2, 0.25) is 0 Å². The van der Waals surface area contributed by atoms with Gasteiger partial charge in [0.1, 0.15) is 122 Å². The predicted molar refractivity (Wildman–Crippen MR) is 264 cm³/mol. The zero-order valence-corrected chi connectivity index (χ0v) is 45.3. The molecule has 28 heteroatoms. The molecule has 0 aliphatic carbocycles. The second-order valence-corrected chi connectivity index (χ2v) is 21.4. The van der Waals surface area contributed by atoms with Gasteiger partial charge in [-0.05, 0) is 74.1 Å². The molecule has 0 spiro atoms. The van der Waals surface area contributed by atoms with E-state index in [4.69, 9.17) is 56.8 Å². The van der Waals surface area contributed by atoms with Gasteiger partial charge in [0, 0.05) is 0 Å². The maximum absolute atomic E-state index is 11.4. The van der Waals surface area contributed by atoms with Gasteiger partial charge in [-0.25, -0.2) is 0 Å². The molecule has 6 rings (SSSR count). The summed E-state index contributed by atoms with van der Waals surface area (Å²) in [7, 11) is 0. The molecule has 6 fully saturated rings. The molecule has 30 atom stereocenters. The smallest absolute Gasteiger partial charge is 0.187 e. The van der Waals surface area contributed by atoms with Crippen LogP contribution in [0.5, 0.6) is 0 Å². The van der Waals surface area contributed by atoms with Gasteiger partial charge < -0.3 is 139 Å². The minimum Gasteiger partial charge on any atom is -0.394 e. The predicted octanol–water partition coefficient (Wildman–Crippen LogP) is -5.57. The molecule has 6 aliphatic rings. The van der Waals surface area contributed by atoms with Gasteiger partial charge in [-0.1, -0.05) is 34.9 Å². The average Bonchev–Trinajstić information content (AvgIpc) is 3.52. The van der Waals surface area contributed by atoms with Gasteiger partial charge in [0.25, 0.3) is 0 Å². The Bertz CT molecular complexity index is 1950. The van der Waals surface area contributed by atoms with E-state index in [1.807, 2.05) is 19.9 Å². The number of hydrogen-bond donors (Lipinski definition) is 16. The van der Waals surface area contributed by atoms with Crippen molar-refractivity contribution < 1.29 is 139 Å². The quantitative estimate of drug-likeness (QED) is 0.0450. The molecule has 6 saturated heterocycles. The van der Waals surface area contributed by atoms with Gasteiger partial charge in [0.15, 0.2) is 37.7 Å². The van der Waals surface area contributed by atoms with Crippen LogP contribution in [0.25, 0.3) is 0 Å². The highest BCUT2D eigenvalue weighted by molar-refractivity contribution is 5.07. The van der Waals surface area contributed by atoms with Gasteiger partial charge in [-0.2, -0.15) is 0 Å². The zero-order valence-electron chi connectivity index (χ0n) is 45.3. The van der Waals surface area contributed by atoms with Crippen LogP contribution in [0.2, 0.25) is 0 Å². The molecule has 6 heterocycles. The number of ether oxygens (including phenoxy) is 12. The lowest BCUT2D eigenvalue weighted by Gasteiger charge is -2.48. The third kappa shape index (κ3) is 16.1. The van der Waals surface area contributed by atoms with Crippen LogP contribution in [0.15, 0.2) is 34.9 Å². The Morgan fingerprint density at radius 1 is 0.342 bits per heavy atom. The normalized spacial score (nSPS) is 47.8. The molecule has 0 amide bonds. The maximum atomic E-state index is 11.4. The van der Waals surface area contributed by atoms with Crippen LogP contribution in [0, 0.1) is 0 Å².